The molecule has 2 atom stereocenters. The summed E-state index contributed by atoms with van der Waals surface area (Å²) in [5, 5.41) is 13.4. The molecular weight excluding hydrogens is 342 g/mol. The second-order valence-electron chi connectivity index (χ2n) is 6.32. The van der Waals surface area contributed by atoms with Crippen LogP contribution in [0.2, 0.25) is 0 Å². The van der Waals surface area contributed by atoms with Crippen LogP contribution in [0, 0.1) is 0 Å². The molecule has 2 aromatic carbocycles. The molecule has 3 rings (SSSR count). The molecule has 0 radical (unpaired) electrons. The minimum absolute atomic E-state index is 0.0420. The van der Waals surface area contributed by atoms with Crippen molar-refractivity contribution in [1.82, 2.24) is 15.3 Å². The van der Waals surface area contributed by atoms with Gasteiger partial charge in [-0.2, -0.15) is 0 Å². The third kappa shape index (κ3) is 4.54. The van der Waals surface area contributed by atoms with Gasteiger partial charge in [-0.3, -0.25) is 0 Å². The first-order valence-electron chi connectivity index (χ1n) is 8.83. The zero-order valence-corrected chi connectivity index (χ0v) is 15.8. The number of H-pyrrole nitrogens is 1. The molecule has 0 aliphatic heterocycles. The highest BCUT2D eigenvalue weighted by Gasteiger charge is 2.14. The first-order chi connectivity index (χ1) is 13.1. The molecule has 0 spiro atoms. The summed E-state index contributed by atoms with van der Waals surface area (Å²) >= 11 is 0. The van der Waals surface area contributed by atoms with Gasteiger partial charge in [0, 0.05) is 19.2 Å². The molecular formula is C21H25N3O3. The fraction of sp³-hybridized carbons (Fsp3) is 0.286. The van der Waals surface area contributed by atoms with Gasteiger partial charge in [0.1, 0.15) is 11.6 Å². The maximum absolute atomic E-state index is 9.99. The third-order valence-electron chi connectivity index (χ3n) is 4.49. The van der Waals surface area contributed by atoms with Crippen molar-refractivity contribution in [3.8, 4) is 17.0 Å². The molecule has 1 unspecified atom stereocenters. The van der Waals surface area contributed by atoms with Crippen LogP contribution in [0.15, 0.2) is 54.7 Å². The highest BCUT2D eigenvalue weighted by Crippen LogP contribution is 2.27. The lowest BCUT2D eigenvalue weighted by molar-refractivity contribution is -0.0781. The van der Waals surface area contributed by atoms with Gasteiger partial charge >= 0.3 is 0 Å². The maximum Gasteiger partial charge on any atom is 0.184 e. The molecule has 0 fully saturated rings. The fourth-order valence-electron chi connectivity index (χ4n) is 2.90. The van der Waals surface area contributed by atoms with Crippen LogP contribution in [0.5, 0.6) is 5.75 Å². The van der Waals surface area contributed by atoms with Crippen LogP contribution in [-0.2, 0) is 11.3 Å². The summed E-state index contributed by atoms with van der Waals surface area (Å²) < 4.78 is 10.3. The Balaban J connectivity index is 1.67. The Morgan fingerprint density at radius 1 is 1.15 bits per heavy atom. The average Bonchev–Trinajstić information content (AvgIpc) is 3.22. The van der Waals surface area contributed by atoms with E-state index in [2.05, 4.69) is 34.3 Å². The van der Waals surface area contributed by atoms with Crippen molar-refractivity contribution in [3.05, 3.63) is 71.7 Å². The number of aliphatic hydroxyl groups is 1. The first-order valence-corrected chi connectivity index (χ1v) is 8.83. The number of benzene rings is 2. The van der Waals surface area contributed by atoms with Crippen LogP contribution in [-0.4, -0.2) is 29.3 Å². The fourth-order valence-corrected chi connectivity index (χ4v) is 2.90. The van der Waals surface area contributed by atoms with Gasteiger partial charge in [0.15, 0.2) is 6.29 Å². The zero-order chi connectivity index (χ0) is 19.2. The quantitative estimate of drug-likeness (QED) is 0.531. The van der Waals surface area contributed by atoms with Crippen molar-refractivity contribution < 1.29 is 14.6 Å². The second kappa shape index (κ2) is 8.81. The van der Waals surface area contributed by atoms with Crippen molar-refractivity contribution in [2.45, 2.75) is 25.8 Å². The Kier molecular flexibility index (Phi) is 6.24. The summed E-state index contributed by atoms with van der Waals surface area (Å²) in [7, 11) is 3.03. The second-order valence-corrected chi connectivity index (χ2v) is 6.32. The molecule has 6 nitrogen and oxygen atoms in total. The van der Waals surface area contributed by atoms with Gasteiger partial charge in [-0.05, 0) is 30.2 Å². The molecule has 27 heavy (non-hydrogen) atoms. The number of methoxy groups -OCH3 is 2. The van der Waals surface area contributed by atoms with Crippen LogP contribution >= 0.6 is 0 Å². The minimum Gasteiger partial charge on any atom is -0.496 e. The summed E-state index contributed by atoms with van der Waals surface area (Å²) in [6.07, 6.45) is 0.833. The number of ether oxygens (including phenoxy) is 2. The van der Waals surface area contributed by atoms with Crippen molar-refractivity contribution in [2.24, 2.45) is 0 Å². The molecule has 1 heterocycles. The Labute approximate surface area is 159 Å². The van der Waals surface area contributed by atoms with E-state index in [-0.39, 0.29) is 6.04 Å². The highest BCUT2D eigenvalue weighted by atomic mass is 16.6. The Hall–Kier alpha value is -2.67. The lowest BCUT2D eigenvalue weighted by Crippen LogP contribution is -2.19. The number of rotatable bonds is 8. The molecule has 0 saturated carbocycles. The van der Waals surface area contributed by atoms with E-state index in [1.807, 2.05) is 42.6 Å². The van der Waals surface area contributed by atoms with E-state index in [0.29, 0.717) is 17.9 Å². The van der Waals surface area contributed by atoms with Crippen molar-refractivity contribution in [1.29, 1.82) is 0 Å². The SMILES string of the molecule is COc1ccc(CN[C@@H](C)c2ncc(-c3ccccc3)[nH]2)cc1C(O)OC. The summed E-state index contributed by atoms with van der Waals surface area (Å²) in [4.78, 5) is 7.86. The van der Waals surface area contributed by atoms with Crippen molar-refractivity contribution in [2.75, 3.05) is 14.2 Å². The Bertz CT molecular complexity index is 864. The van der Waals surface area contributed by atoms with Gasteiger partial charge < -0.3 is 24.9 Å². The Morgan fingerprint density at radius 3 is 2.63 bits per heavy atom. The summed E-state index contributed by atoms with van der Waals surface area (Å²) in [5.74, 6) is 1.47. The smallest absolute Gasteiger partial charge is 0.184 e. The summed E-state index contributed by atoms with van der Waals surface area (Å²) in [6, 6.07) is 15.8. The van der Waals surface area contributed by atoms with Gasteiger partial charge in [-0.25, -0.2) is 4.98 Å². The molecule has 6 heteroatoms. The van der Waals surface area contributed by atoms with Gasteiger partial charge in [0.05, 0.1) is 25.0 Å². The molecule has 0 aliphatic rings. The van der Waals surface area contributed by atoms with Gasteiger partial charge in [0.2, 0.25) is 0 Å². The highest BCUT2D eigenvalue weighted by molar-refractivity contribution is 5.58. The van der Waals surface area contributed by atoms with E-state index < -0.39 is 6.29 Å². The van der Waals surface area contributed by atoms with E-state index in [0.717, 1.165) is 22.6 Å². The lowest BCUT2D eigenvalue weighted by atomic mass is 10.1. The van der Waals surface area contributed by atoms with Crippen LogP contribution in [0.25, 0.3) is 11.3 Å². The predicted molar refractivity (Wildman–Crippen MR) is 104 cm³/mol. The molecule has 1 aromatic heterocycles. The van der Waals surface area contributed by atoms with E-state index in [1.165, 1.54) is 7.11 Å². The summed E-state index contributed by atoms with van der Waals surface area (Å²) in [5.41, 5.74) is 3.73. The first kappa shape index (κ1) is 19.1. The van der Waals surface area contributed by atoms with Gasteiger partial charge in [0.25, 0.3) is 0 Å². The Morgan fingerprint density at radius 2 is 1.93 bits per heavy atom. The molecule has 3 aromatic rings. The standard InChI is InChI=1S/C21H25N3O3/c1-14(20-23-13-18(24-20)16-7-5-4-6-8-16)22-12-15-9-10-19(26-2)17(11-15)21(25)27-3/h4-11,13-14,21-22,25H,12H2,1-3H3,(H,23,24)/t14-,21?/m0/s1. The number of hydrogen-bond donors (Lipinski definition) is 3. The van der Waals surface area contributed by atoms with Gasteiger partial charge in [-0.15, -0.1) is 0 Å². The number of aromatic nitrogens is 2. The third-order valence-corrected chi connectivity index (χ3v) is 4.49. The minimum atomic E-state index is -1.02. The monoisotopic (exact) mass is 367 g/mol. The normalized spacial score (nSPS) is 13.3. The topological polar surface area (TPSA) is 79.4 Å². The number of aromatic amines is 1. The zero-order valence-electron chi connectivity index (χ0n) is 15.8. The average molecular weight is 367 g/mol. The van der Waals surface area contributed by atoms with E-state index >= 15 is 0 Å². The molecule has 0 bridgehead atoms. The lowest BCUT2D eigenvalue weighted by Gasteiger charge is -2.16. The van der Waals surface area contributed by atoms with Crippen LogP contribution in [0.4, 0.5) is 0 Å². The van der Waals surface area contributed by atoms with Crippen LogP contribution < -0.4 is 10.1 Å². The number of aliphatic hydroxyl groups excluding tert-OH is 1. The largest absolute Gasteiger partial charge is 0.496 e. The number of nitrogens with zero attached hydrogens (tertiary/aromatic N) is 1. The van der Waals surface area contributed by atoms with Crippen molar-refractivity contribution >= 4 is 0 Å². The molecule has 0 amide bonds. The molecule has 0 saturated heterocycles. The van der Waals surface area contributed by atoms with Crippen LogP contribution in [0.1, 0.15) is 36.2 Å². The van der Waals surface area contributed by atoms with Crippen LogP contribution in [0.3, 0.4) is 0 Å². The number of nitrogens with one attached hydrogen (secondary N) is 2. The molecule has 3 N–H and O–H groups in total. The number of hydrogen-bond acceptors (Lipinski definition) is 5. The molecule has 0 aliphatic carbocycles. The summed E-state index contributed by atoms with van der Waals surface area (Å²) in [6.45, 7) is 2.68. The number of imidazole rings is 1. The predicted octanol–water partition coefficient (Wildman–Crippen LogP) is 3.57. The van der Waals surface area contributed by atoms with Gasteiger partial charge in [-0.1, -0.05) is 36.4 Å². The van der Waals surface area contributed by atoms with E-state index in [1.54, 1.807) is 7.11 Å². The van der Waals surface area contributed by atoms with Crippen molar-refractivity contribution in [3.63, 3.8) is 0 Å². The van der Waals surface area contributed by atoms with E-state index in [9.17, 15) is 5.11 Å². The maximum atomic E-state index is 9.99. The van der Waals surface area contributed by atoms with E-state index in [4.69, 9.17) is 9.47 Å². The molecule has 142 valence electrons.